The van der Waals surface area contributed by atoms with E-state index in [4.69, 9.17) is 14.2 Å². The van der Waals surface area contributed by atoms with Gasteiger partial charge in [0.25, 0.3) is 11.8 Å². The van der Waals surface area contributed by atoms with E-state index >= 15 is 0 Å². The minimum atomic E-state index is -1.72. The smallest absolute Gasteiger partial charge is 0.337 e. The monoisotopic (exact) mass is 550 g/mol. The molecule has 11 heteroatoms. The fourth-order valence-corrected chi connectivity index (χ4v) is 3.53. The Hall–Kier alpha value is -4.74. The normalized spacial score (nSPS) is 12.8. The standard InChI is InChI=1S/C29H30N2O9/c1-18(32)38-25(27(34)30-17-20-9-11-21(12-10-20)29(36)37-3)26(39-19(2)33)28(35)31-22-13-15-24(16-14-22)40-23-7-5-4-6-8-23/h4-16,19,25-26,33H,17H2,1-3H3,(H,30,34)(H,31,35)/t19?,25-,26-/m1/s1. The highest BCUT2D eigenvalue weighted by Gasteiger charge is 2.38. The van der Waals surface area contributed by atoms with E-state index in [-0.39, 0.29) is 6.54 Å². The van der Waals surface area contributed by atoms with Crippen molar-refractivity contribution in [2.24, 2.45) is 0 Å². The second kappa shape index (κ2) is 14.4. The van der Waals surface area contributed by atoms with Crippen LogP contribution >= 0.6 is 0 Å². The molecule has 0 aromatic heterocycles. The maximum atomic E-state index is 13.2. The molecule has 3 aromatic carbocycles. The van der Waals surface area contributed by atoms with Crippen molar-refractivity contribution in [3.8, 4) is 11.5 Å². The Labute approximate surface area is 231 Å². The Kier molecular flexibility index (Phi) is 10.7. The third-order valence-electron chi connectivity index (χ3n) is 5.37. The van der Waals surface area contributed by atoms with E-state index in [0.717, 1.165) is 6.92 Å². The van der Waals surface area contributed by atoms with Crippen LogP contribution in [0.3, 0.4) is 0 Å². The van der Waals surface area contributed by atoms with Gasteiger partial charge in [0.05, 0.1) is 12.7 Å². The number of carbonyl (C=O) groups excluding carboxylic acids is 4. The highest BCUT2D eigenvalue weighted by molar-refractivity contribution is 5.99. The number of nitrogens with one attached hydrogen (secondary N) is 2. The number of methoxy groups -OCH3 is 1. The lowest BCUT2D eigenvalue weighted by Crippen LogP contribution is -2.51. The lowest BCUT2D eigenvalue weighted by atomic mass is 10.1. The van der Waals surface area contributed by atoms with Crippen LogP contribution in [-0.2, 0) is 35.1 Å². The van der Waals surface area contributed by atoms with Crippen LogP contribution in [0.15, 0.2) is 78.9 Å². The number of rotatable bonds is 12. The number of aliphatic hydroxyl groups is 1. The van der Waals surface area contributed by atoms with E-state index in [1.54, 1.807) is 48.5 Å². The van der Waals surface area contributed by atoms with Gasteiger partial charge in [-0.25, -0.2) is 4.79 Å². The summed E-state index contributed by atoms with van der Waals surface area (Å²) in [6.07, 6.45) is -4.87. The number of hydrogen-bond acceptors (Lipinski definition) is 9. The number of ether oxygens (including phenoxy) is 4. The van der Waals surface area contributed by atoms with Gasteiger partial charge in [0, 0.05) is 19.2 Å². The second-order valence-electron chi connectivity index (χ2n) is 8.52. The zero-order valence-corrected chi connectivity index (χ0v) is 22.2. The highest BCUT2D eigenvalue weighted by atomic mass is 16.6. The molecule has 0 aliphatic rings. The Morgan fingerprint density at radius 1 is 0.825 bits per heavy atom. The van der Waals surface area contributed by atoms with E-state index in [1.165, 1.54) is 26.2 Å². The molecule has 0 heterocycles. The molecule has 3 aromatic rings. The maximum absolute atomic E-state index is 13.2. The summed E-state index contributed by atoms with van der Waals surface area (Å²) < 4.78 is 20.8. The molecule has 1 unspecified atom stereocenters. The molecule has 0 spiro atoms. The first-order valence-corrected chi connectivity index (χ1v) is 12.3. The zero-order valence-electron chi connectivity index (χ0n) is 22.2. The summed E-state index contributed by atoms with van der Waals surface area (Å²) in [5, 5.41) is 15.0. The molecule has 0 radical (unpaired) electrons. The summed E-state index contributed by atoms with van der Waals surface area (Å²) in [5.41, 5.74) is 1.30. The zero-order chi connectivity index (χ0) is 29.1. The van der Waals surface area contributed by atoms with Crippen LogP contribution in [0, 0.1) is 0 Å². The molecule has 0 aliphatic heterocycles. The second-order valence-corrected chi connectivity index (χ2v) is 8.52. The van der Waals surface area contributed by atoms with E-state index in [2.05, 4.69) is 15.4 Å². The van der Waals surface area contributed by atoms with Crippen molar-refractivity contribution in [2.75, 3.05) is 12.4 Å². The SMILES string of the molecule is COC(=O)c1ccc(CNC(=O)[C@H](OC(C)=O)[C@@H](OC(C)O)C(=O)Nc2ccc(Oc3ccccc3)cc2)cc1. The third-order valence-corrected chi connectivity index (χ3v) is 5.37. The molecule has 0 saturated heterocycles. The van der Waals surface area contributed by atoms with Gasteiger partial charge in [-0.2, -0.15) is 0 Å². The number of benzene rings is 3. The minimum absolute atomic E-state index is 0.00998. The van der Waals surface area contributed by atoms with Crippen LogP contribution in [0.5, 0.6) is 11.5 Å². The van der Waals surface area contributed by atoms with Crippen molar-refractivity contribution in [3.63, 3.8) is 0 Å². The van der Waals surface area contributed by atoms with Gasteiger partial charge in [-0.1, -0.05) is 30.3 Å². The predicted octanol–water partition coefficient (Wildman–Crippen LogP) is 3.18. The first-order valence-electron chi connectivity index (χ1n) is 12.3. The number of esters is 2. The van der Waals surface area contributed by atoms with Gasteiger partial charge in [-0.3, -0.25) is 14.4 Å². The van der Waals surface area contributed by atoms with Crippen LogP contribution in [-0.4, -0.2) is 54.5 Å². The third kappa shape index (κ3) is 8.93. The molecular formula is C29H30N2O9. The van der Waals surface area contributed by atoms with Gasteiger partial charge >= 0.3 is 11.9 Å². The summed E-state index contributed by atoms with van der Waals surface area (Å²) in [7, 11) is 1.27. The molecule has 3 N–H and O–H groups in total. The molecule has 0 fully saturated rings. The van der Waals surface area contributed by atoms with Gasteiger partial charge in [-0.05, 0) is 61.0 Å². The van der Waals surface area contributed by atoms with Crippen LogP contribution < -0.4 is 15.4 Å². The number of carbonyl (C=O) groups is 4. The molecule has 3 rings (SSSR count). The van der Waals surface area contributed by atoms with Crippen molar-refractivity contribution in [1.82, 2.24) is 5.32 Å². The van der Waals surface area contributed by atoms with E-state index in [9.17, 15) is 24.3 Å². The average molecular weight is 551 g/mol. The fraction of sp³-hybridized carbons (Fsp3) is 0.241. The summed E-state index contributed by atoms with van der Waals surface area (Å²) in [5.74, 6) is -1.84. The summed E-state index contributed by atoms with van der Waals surface area (Å²) in [4.78, 5) is 49.6. The van der Waals surface area contributed by atoms with E-state index in [0.29, 0.717) is 28.3 Å². The first kappa shape index (κ1) is 29.8. The molecule has 0 bridgehead atoms. The number of aliphatic hydroxyl groups excluding tert-OH is 1. The number of amides is 2. The van der Waals surface area contributed by atoms with Crippen molar-refractivity contribution in [2.45, 2.75) is 38.9 Å². The number of para-hydroxylation sites is 1. The van der Waals surface area contributed by atoms with Crippen molar-refractivity contribution in [1.29, 1.82) is 0 Å². The topological polar surface area (TPSA) is 149 Å². The molecule has 40 heavy (non-hydrogen) atoms. The summed E-state index contributed by atoms with van der Waals surface area (Å²) >= 11 is 0. The summed E-state index contributed by atoms with van der Waals surface area (Å²) in [6.45, 7) is 2.32. The predicted molar refractivity (Wildman–Crippen MR) is 143 cm³/mol. The van der Waals surface area contributed by atoms with Crippen LogP contribution in [0.4, 0.5) is 5.69 Å². The lowest BCUT2D eigenvalue weighted by Gasteiger charge is -2.26. The van der Waals surface area contributed by atoms with Gasteiger partial charge < -0.3 is 34.7 Å². The highest BCUT2D eigenvalue weighted by Crippen LogP contribution is 2.23. The van der Waals surface area contributed by atoms with Gasteiger partial charge in [0.2, 0.25) is 6.10 Å². The fourth-order valence-electron chi connectivity index (χ4n) is 3.53. The van der Waals surface area contributed by atoms with Crippen LogP contribution in [0.2, 0.25) is 0 Å². The molecule has 0 saturated carbocycles. The van der Waals surface area contributed by atoms with E-state index < -0.39 is 42.3 Å². The quantitative estimate of drug-likeness (QED) is 0.228. The Balaban J connectivity index is 1.71. The minimum Gasteiger partial charge on any atom is -0.465 e. The Morgan fingerprint density at radius 3 is 2.02 bits per heavy atom. The molecular weight excluding hydrogens is 520 g/mol. The molecule has 0 aliphatic carbocycles. The largest absolute Gasteiger partial charge is 0.465 e. The van der Waals surface area contributed by atoms with Crippen LogP contribution in [0.1, 0.15) is 29.8 Å². The lowest BCUT2D eigenvalue weighted by molar-refractivity contribution is -0.185. The van der Waals surface area contributed by atoms with Gasteiger partial charge in [0.1, 0.15) is 11.5 Å². The average Bonchev–Trinajstić information content (AvgIpc) is 2.94. The van der Waals surface area contributed by atoms with Gasteiger partial charge in [-0.15, -0.1) is 0 Å². The molecule has 11 nitrogen and oxygen atoms in total. The first-order chi connectivity index (χ1) is 19.2. The van der Waals surface area contributed by atoms with Crippen molar-refractivity contribution < 1.29 is 43.2 Å². The van der Waals surface area contributed by atoms with E-state index in [1.807, 2.05) is 18.2 Å². The molecule has 3 atom stereocenters. The molecule has 210 valence electrons. The van der Waals surface area contributed by atoms with Gasteiger partial charge in [0.15, 0.2) is 12.4 Å². The van der Waals surface area contributed by atoms with Crippen molar-refractivity contribution >= 4 is 29.4 Å². The summed E-state index contributed by atoms with van der Waals surface area (Å²) in [6, 6.07) is 21.8. The number of anilines is 1. The Bertz CT molecular complexity index is 1290. The number of hydrogen-bond donors (Lipinski definition) is 3. The van der Waals surface area contributed by atoms with Crippen LogP contribution in [0.25, 0.3) is 0 Å². The molecule has 2 amide bonds. The Morgan fingerprint density at radius 2 is 1.45 bits per heavy atom. The maximum Gasteiger partial charge on any atom is 0.337 e. The van der Waals surface area contributed by atoms with Crippen molar-refractivity contribution in [3.05, 3.63) is 90.0 Å².